The molecule has 43 heavy (non-hydrogen) atoms. The lowest BCUT2D eigenvalue weighted by molar-refractivity contribution is -0.137. The molecule has 3 aromatic rings. The van der Waals surface area contributed by atoms with Crippen molar-refractivity contribution >= 4 is 35.6 Å². The summed E-state index contributed by atoms with van der Waals surface area (Å²) in [5.74, 6) is 6.22. The topological polar surface area (TPSA) is 99.8 Å². The number of carbonyl (C=O) groups is 2. The van der Waals surface area contributed by atoms with Crippen LogP contribution in [0.5, 0.6) is 0 Å². The van der Waals surface area contributed by atoms with Crippen LogP contribution >= 0.6 is 0 Å². The first kappa shape index (κ1) is 32.6. The van der Waals surface area contributed by atoms with Crippen LogP contribution in [0.15, 0.2) is 108 Å². The van der Waals surface area contributed by atoms with Gasteiger partial charge in [0.25, 0.3) is 5.91 Å². The Balaban J connectivity index is 1.84. The molecule has 3 aromatic carbocycles. The number of nitrogens with zero attached hydrogens (tertiary/aromatic N) is 2. The van der Waals surface area contributed by atoms with Crippen LogP contribution in [-0.2, 0) is 15.8 Å². The summed E-state index contributed by atoms with van der Waals surface area (Å²) < 4.78 is 38.9. The number of amides is 2. The second-order valence-corrected chi connectivity index (χ2v) is 9.42. The fourth-order valence-electron chi connectivity index (χ4n) is 4.15. The minimum atomic E-state index is -4.40. The first-order valence-electron chi connectivity index (χ1n) is 13.5. The second kappa shape index (κ2) is 15.3. The zero-order valence-corrected chi connectivity index (χ0v) is 24.0. The van der Waals surface area contributed by atoms with Gasteiger partial charge >= 0.3 is 6.18 Å². The molecule has 7 nitrogen and oxygen atoms in total. The van der Waals surface area contributed by atoms with Gasteiger partial charge in [-0.2, -0.15) is 13.2 Å². The molecule has 0 radical (unpaired) electrons. The quantitative estimate of drug-likeness (QED) is 0.0524. The van der Waals surface area contributed by atoms with Crippen molar-refractivity contribution in [1.82, 2.24) is 5.32 Å². The summed E-state index contributed by atoms with van der Waals surface area (Å²) in [6, 6.07) is 19.3. The monoisotopic (exact) mass is 589 g/mol. The molecule has 2 amide bonds. The summed E-state index contributed by atoms with van der Waals surface area (Å²) in [6.07, 6.45) is 3.73. The van der Waals surface area contributed by atoms with E-state index in [4.69, 9.17) is 5.84 Å². The van der Waals surface area contributed by atoms with E-state index in [-0.39, 0.29) is 11.8 Å². The highest BCUT2D eigenvalue weighted by Gasteiger charge is 2.30. The van der Waals surface area contributed by atoms with Gasteiger partial charge in [0.05, 0.1) is 16.9 Å². The largest absolute Gasteiger partial charge is 0.416 e. The summed E-state index contributed by atoms with van der Waals surface area (Å²) in [5, 5.41) is 6.94. The fraction of sp³-hybridized carbons (Fsp3) is 0.182. The number of carbonyl (C=O) groups excluding carboxylic acids is 2. The van der Waals surface area contributed by atoms with E-state index < -0.39 is 11.7 Å². The Labute approximate surface area is 249 Å². The van der Waals surface area contributed by atoms with Gasteiger partial charge in [-0.1, -0.05) is 48.6 Å². The molecule has 4 N–H and O–H groups in total. The highest BCUT2D eigenvalue weighted by Crippen LogP contribution is 2.32. The first-order valence-corrected chi connectivity index (χ1v) is 13.5. The van der Waals surface area contributed by atoms with Crippen LogP contribution in [0.1, 0.15) is 37.3 Å². The van der Waals surface area contributed by atoms with Gasteiger partial charge in [-0.25, -0.2) is 5.84 Å². The van der Waals surface area contributed by atoms with E-state index in [0.29, 0.717) is 47.5 Å². The van der Waals surface area contributed by atoms with Crippen LogP contribution < -0.4 is 21.5 Å². The van der Waals surface area contributed by atoms with Crippen LogP contribution in [-0.4, -0.2) is 25.6 Å². The van der Waals surface area contributed by atoms with Crippen LogP contribution in [0.3, 0.4) is 0 Å². The predicted molar refractivity (Wildman–Crippen MR) is 167 cm³/mol. The number of anilines is 2. The lowest BCUT2D eigenvalue weighted by atomic mass is 10.0. The number of hydrogen-bond donors (Lipinski definition) is 3. The molecule has 0 spiro atoms. The third kappa shape index (κ3) is 9.27. The molecule has 0 bridgehead atoms. The zero-order chi connectivity index (χ0) is 31.4. The van der Waals surface area contributed by atoms with Gasteiger partial charge in [0, 0.05) is 30.9 Å². The average molecular weight is 590 g/mol. The number of allylic oxidation sites excluding steroid dienone is 2. The van der Waals surface area contributed by atoms with Gasteiger partial charge in [-0.05, 0) is 85.6 Å². The van der Waals surface area contributed by atoms with Gasteiger partial charge < -0.3 is 10.6 Å². The highest BCUT2D eigenvalue weighted by molar-refractivity contribution is 6.05. The van der Waals surface area contributed by atoms with Crippen molar-refractivity contribution in [3.05, 3.63) is 114 Å². The molecule has 10 heteroatoms. The summed E-state index contributed by atoms with van der Waals surface area (Å²) in [7, 11) is 1.59. The second-order valence-electron chi connectivity index (χ2n) is 9.42. The van der Waals surface area contributed by atoms with Gasteiger partial charge in [-0.3, -0.25) is 19.6 Å². The van der Waals surface area contributed by atoms with Gasteiger partial charge in [0.1, 0.15) is 0 Å². The van der Waals surface area contributed by atoms with Crippen molar-refractivity contribution in [2.24, 2.45) is 10.8 Å². The lowest BCUT2D eigenvalue weighted by Gasteiger charge is -2.23. The standard InChI is InChI=1S/C33H34F3N5O2/c1-4-23(21-22-38-2)32(43)40-28-17-19-29(20-18-28)41(37)30(7-5-6-8-31(42)39-3)26-11-9-24(10-12-26)25-13-15-27(16-14-25)33(34,35)36/h4,7,9-22H,2,5-6,8,37H2,1,3H3,(H,39,42)(H,40,43). The number of nitrogens with one attached hydrogen (secondary N) is 2. The van der Waals surface area contributed by atoms with E-state index in [1.165, 1.54) is 23.3 Å². The predicted octanol–water partition coefficient (Wildman–Crippen LogP) is 7.11. The number of benzene rings is 3. The minimum Gasteiger partial charge on any atom is -0.359 e. The van der Waals surface area contributed by atoms with Crippen molar-refractivity contribution in [1.29, 1.82) is 0 Å². The molecule has 0 fully saturated rings. The van der Waals surface area contributed by atoms with Crippen LogP contribution in [0, 0.1) is 0 Å². The smallest absolute Gasteiger partial charge is 0.359 e. The van der Waals surface area contributed by atoms with Crippen molar-refractivity contribution in [3.8, 4) is 11.1 Å². The molecule has 3 rings (SSSR count). The normalized spacial score (nSPS) is 12.2. The molecule has 0 saturated carbocycles. The summed E-state index contributed by atoms with van der Waals surface area (Å²) in [5.41, 5.74) is 3.78. The number of nitrogens with two attached hydrogens (primary N) is 1. The molecule has 0 saturated heterocycles. The fourth-order valence-corrected chi connectivity index (χ4v) is 4.15. The molecular formula is C33H34F3N5O2. The number of hydrogen-bond acceptors (Lipinski definition) is 5. The minimum absolute atomic E-state index is 0.0598. The maximum absolute atomic E-state index is 13.0. The van der Waals surface area contributed by atoms with Crippen LogP contribution in [0.4, 0.5) is 24.5 Å². The maximum atomic E-state index is 13.0. The van der Waals surface area contributed by atoms with Crippen LogP contribution in [0.2, 0.25) is 0 Å². The SMILES string of the molecule is C=NC=CC(=CC)C(=O)Nc1ccc(N(N)C(=CCCCC(=O)NC)c2ccc(-c3ccc(C(F)(F)F)cc3)cc2)cc1. The Kier molecular flexibility index (Phi) is 11.6. The third-order valence-electron chi connectivity index (χ3n) is 6.55. The molecule has 0 heterocycles. The first-order chi connectivity index (χ1) is 20.6. The van der Waals surface area contributed by atoms with E-state index in [9.17, 15) is 22.8 Å². The van der Waals surface area contributed by atoms with E-state index in [2.05, 4.69) is 22.3 Å². The number of rotatable bonds is 12. The lowest BCUT2D eigenvalue weighted by Crippen LogP contribution is -2.29. The summed E-state index contributed by atoms with van der Waals surface area (Å²) in [6.45, 7) is 5.11. The Morgan fingerprint density at radius 1 is 0.977 bits per heavy atom. The third-order valence-corrected chi connectivity index (χ3v) is 6.55. The maximum Gasteiger partial charge on any atom is 0.416 e. The van der Waals surface area contributed by atoms with Crippen molar-refractivity contribution in [3.63, 3.8) is 0 Å². The van der Waals surface area contributed by atoms with Gasteiger partial charge in [0.15, 0.2) is 0 Å². The highest BCUT2D eigenvalue weighted by atomic mass is 19.4. The van der Waals surface area contributed by atoms with Gasteiger partial charge in [-0.15, -0.1) is 0 Å². The van der Waals surface area contributed by atoms with E-state index in [1.807, 2.05) is 30.3 Å². The molecular weight excluding hydrogens is 555 g/mol. The van der Waals surface area contributed by atoms with Crippen molar-refractivity contribution < 1.29 is 22.8 Å². The number of unbranched alkanes of at least 4 members (excludes halogenated alkanes) is 1. The molecule has 224 valence electrons. The zero-order valence-electron chi connectivity index (χ0n) is 24.0. The Morgan fingerprint density at radius 3 is 2.12 bits per heavy atom. The number of hydrazine groups is 1. The Bertz CT molecular complexity index is 1490. The molecule has 0 atom stereocenters. The average Bonchev–Trinajstić information content (AvgIpc) is 3.01. The van der Waals surface area contributed by atoms with Crippen molar-refractivity contribution in [2.45, 2.75) is 32.4 Å². The Hall–Kier alpha value is -4.96. The molecule has 0 aromatic heterocycles. The molecule has 0 aliphatic carbocycles. The summed E-state index contributed by atoms with van der Waals surface area (Å²) in [4.78, 5) is 27.9. The number of aliphatic imine (C=N–C) groups is 1. The van der Waals surface area contributed by atoms with Crippen molar-refractivity contribution in [2.75, 3.05) is 17.4 Å². The molecule has 0 aliphatic heterocycles. The number of halogens is 3. The van der Waals surface area contributed by atoms with E-state index >= 15 is 0 Å². The van der Waals surface area contributed by atoms with E-state index in [1.54, 1.807) is 50.4 Å². The number of alkyl halides is 3. The van der Waals surface area contributed by atoms with E-state index in [0.717, 1.165) is 23.3 Å². The Morgan fingerprint density at radius 2 is 1.58 bits per heavy atom. The molecule has 0 unspecified atom stereocenters. The summed E-state index contributed by atoms with van der Waals surface area (Å²) >= 11 is 0. The molecule has 0 aliphatic rings. The van der Waals surface area contributed by atoms with Crippen LogP contribution in [0.25, 0.3) is 16.8 Å². The van der Waals surface area contributed by atoms with Gasteiger partial charge in [0.2, 0.25) is 5.91 Å².